The highest BCUT2D eigenvalue weighted by molar-refractivity contribution is 5.86. The Hall–Kier alpha value is -2.38. The van der Waals surface area contributed by atoms with Crippen LogP contribution in [-0.2, 0) is 14.3 Å². The van der Waals surface area contributed by atoms with Crippen molar-refractivity contribution in [2.75, 3.05) is 6.61 Å². The number of aromatic amines is 1. The molecule has 7 nitrogen and oxygen atoms in total. The maximum atomic E-state index is 13.1. The molecular formula is C11H11FN2O5. The van der Waals surface area contributed by atoms with Gasteiger partial charge in [-0.2, -0.15) is 4.39 Å². The molecule has 1 aliphatic heterocycles. The van der Waals surface area contributed by atoms with Gasteiger partial charge in [0.25, 0.3) is 5.56 Å². The maximum absolute atomic E-state index is 13.1. The van der Waals surface area contributed by atoms with Gasteiger partial charge in [-0.1, -0.05) is 0 Å². The number of carbonyl (C=O) groups is 1. The smallest absolute Gasteiger partial charge is 0.373 e. The number of hydrogen-bond donors (Lipinski definition) is 1. The predicted molar refractivity (Wildman–Crippen MR) is 60.7 cm³/mol. The molecule has 0 unspecified atom stereocenters. The van der Waals surface area contributed by atoms with Gasteiger partial charge in [-0.3, -0.25) is 14.3 Å². The summed E-state index contributed by atoms with van der Waals surface area (Å²) in [5, 5.41) is 0. The van der Waals surface area contributed by atoms with Gasteiger partial charge < -0.3 is 9.47 Å². The fourth-order valence-corrected chi connectivity index (χ4v) is 1.63. The van der Waals surface area contributed by atoms with Crippen LogP contribution in [0.1, 0.15) is 19.6 Å². The quantitative estimate of drug-likeness (QED) is 0.783. The van der Waals surface area contributed by atoms with E-state index in [1.165, 1.54) is 6.08 Å². The minimum Gasteiger partial charge on any atom is -0.462 e. The Balaban J connectivity index is 2.20. The summed E-state index contributed by atoms with van der Waals surface area (Å²) in [7, 11) is 0. The fourth-order valence-electron chi connectivity index (χ4n) is 1.63. The molecule has 2 rings (SSSR count). The van der Waals surface area contributed by atoms with E-state index in [0.717, 1.165) is 10.8 Å². The number of ether oxygens (including phenoxy) is 2. The summed E-state index contributed by atoms with van der Waals surface area (Å²) in [5.41, 5.74) is -1.91. The minimum atomic E-state index is -1.10. The van der Waals surface area contributed by atoms with Crippen molar-refractivity contribution in [3.05, 3.63) is 44.7 Å². The van der Waals surface area contributed by atoms with Crippen LogP contribution in [0.25, 0.3) is 0 Å². The van der Waals surface area contributed by atoms with Crippen LogP contribution in [0.4, 0.5) is 4.39 Å². The first-order chi connectivity index (χ1) is 9.02. The summed E-state index contributed by atoms with van der Waals surface area (Å²) in [4.78, 5) is 35.6. The molecule has 0 bridgehead atoms. The number of H-pyrrole nitrogens is 1. The number of esters is 1. The molecule has 1 atom stereocenters. The Morgan fingerprint density at radius 2 is 2.37 bits per heavy atom. The molecule has 2 heterocycles. The molecule has 0 aromatic carbocycles. The van der Waals surface area contributed by atoms with Crippen LogP contribution in [0.2, 0.25) is 0 Å². The number of nitrogens with zero attached hydrogens (tertiary/aromatic N) is 1. The lowest BCUT2D eigenvalue weighted by Crippen LogP contribution is -2.33. The van der Waals surface area contributed by atoms with Crippen LogP contribution in [0.3, 0.4) is 0 Å². The first-order valence-corrected chi connectivity index (χ1v) is 5.57. The first-order valence-electron chi connectivity index (χ1n) is 5.57. The van der Waals surface area contributed by atoms with Crippen molar-refractivity contribution in [2.24, 2.45) is 0 Å². The summed E-state index contributed by atoms with van der Waals surface area (Å²) in [6.07, 6.45) is 1.50. The third-order valence-corrected chi connectivity index (χ3v) is 2.48. The van der Waals surface area contributed by atoms with E-state index < -0.39 is 29.3 Å². The SMILES string of the molecule is CCOC(=O)C1=CC[C@H](n2cc(F)c(=O)[nH]c2=O)O1. The molecule has 102 valence electrons. The van der Waals surface area contributed by atoms with Crippen LogP contribution < -0.4 is 11.2 Å². The molecule has 0 radical (unpaired) electrons. The van der Waals surface area contributed by atoms with Crippen molar-refractivity contribution >= 4 is 5.97 Å². The van der Waals surface area contributed by atoms with E-state index in [2.05, 4.69) is 0 Å². The van der Waals surface area contributed by atoms with E-state index in [1.807, 2.05) is 4.98 Å². The molecule has 1 aliphatic rings. The molecule has 8 heteroatoms. The molecule has 0 amide bonds. The third-order valence-electron chi connectivity index (χ3n) is 2.48. The van der Waals surface area contributed by atoms with Crippen molar-refractivity contribution in [3.8, 4) is 0 Å². The largest absolute Gasteiger partial charge is 0.462 e. The lowest BCUT2D eigenvalue weighted by atomic mass is 10.3. The van der Waals surface area contributed by atoms with Crippen molar-refractivity contribution in [1.82, 2.24) is 9.55 Å². The highest BCUT2D eigenvalue weighted by Gasteiger charge is 2.26. The van der Waals surface area contributed by atoms with Gasteiger partial charge in [0.2, 0.25) is 11.6 Å². The number of hydrogen-bond acceptors (Lipinski definition) is 5. The van der Waals surface area contributed by atoms with E-state index in [0.29, 0.717) is 0 Å². The molecule has 19 heavy (non-hydrogen) atoms. The van der Waals surface area contributed by atoms with Crippen molar-refractivity contribution in [2.45, 2.75) is 19.6 Å². The molecule has 1 aromatic heterocycles. The van der Waals surface area contributed by atoms with Gasteiger partial charge in [0.1, 0.15) is 0 Å². The second-order valence-electron chi connectivity index (χ2n) is 3.74. The second kappa shape index (κ2) is 5.09. The van der Waals surface area contributed by atoms with E-state index in [1.54, 1.807) is 6.92 Å². The average molecular weight is 270 g/mol. The Labute approximate surface area is 106 Å². The zero-order chi connectivity index (χ0) is 14.0. The summed E-state index contributed by atoms with van der Waals surface area (Å²) in [5.74, 6) is -1.79. The highest BCUT2D eigenvalue weighted by Crippen LogP contribution is 2.25. The minimum absolute atomic E-state index is 0.0367. The summed E-state index contributed by atoms with van der Waals surface area (Å²) >= 11 is 0. The Kier molecular flexibility index (Phi) is 3.50. The number of carbonyl (C=O) groups excluding carboxylic acids is 1. The van der Waals surface area contributed by atoms with Crippen molar-refractivity contribution in [3.63, 3.8) is 0 Å². The standard InChI is InChI=1S/C11H11FN2O5/c1-2-18-10(16)7-3-4-8(19-7)14-5-6(12)9(15)13-11(14)17/h3,5,8H,2,4H2,1H3,(H,13,15,17)/t8-/m1/s1. The zero-order valence-electron chi connectivity index (χ0n) is 10.0. The molecule has 0 saturated heterocycles. The Morgan fingerprint density at radius 3 is 3.05 bits per heavy atom. The normalized spacial score (nSPS) is 17.8. The Bertz CT molecular complexity index is 645. The van der Waals surface area contributed by atoms with E-state index >= 15 is 0 Å². The van der Waals surface area contributed by atoms with Crippen LogP contribution >= 0.6 is 0 Å². The van der Waals surface area contributed by atoms with Gasteiger partial charge in [-0.25, -0.2) is 9.59 Å². The highest BCUT2D eigenvalue weighted by atomic mass is 19.1. The maximum Gasteiger partial charge on any atom is 0.373 e. The number of halogens is 1. The van der Waals surface area contributed by atoms with Gasteiger partial charge in [0, 0.05) is 6.42 Å². The van der Waals surface area contributed by atoms with Crippen LogP contribution in [0.15, 0.2) is 27.6 Å². The Morgan fingerprint density at radius 1 is 1.63 bits per heavy atom. The van der Waals surface area contributed by atoms with Crippen molar-refractivity contribution in [1.29, 1.82) is 0 Å². The lowest BCUT2D eigenvalue weighted by Gasteiger charge is -2.14. The molecular weight excluding hydrogens is 259 g/mol. The number of aromatic nitrogens is 2. The third kappa shape index (κ3) is 2.56. The van der Waals surface area contributed by atoms with Crippen LogP contribution in [0.5, 0.6) is 0 Å². The summed E-state index contributed by atoms with van der Waals surface area (Å²) in [6.45, 7) is 1.84. The van der Waals surface area contributed by atoms with E-state index in [4.69, 9.17) is 9.47 Å². The summed E-state index contributed by atoms with van der Waals surface area (Å²) < 4.78 is 23.9. The lowest BCUT2D eigenvalue weighted by molar-refractivity contribution is -0.143. The number of rotatable bonds is 3. The predicted octanol–water partition coefficient (Wildman–Crippen LogP) is 0.0416. The number of nitrogens with one attached hydrogen (secondary N) is 1. The monoisotopic (exact) mass is 270 g/mol. The molecule has 1 aromatic rings. The second-order valence-corrected chi connectivity index (χ2v) is 3.74. The summed E-state index contributed by atoms with van der Waals surface area (Å²) in [6, 6.07) is 0. The van der Waals surface area contributed by atoms with Crippen LogP contribution in [0, 0.1) is 5.82 Å². The van der Waals surface area contributed by atoms with Gasteiger partial charge in [-0.05, 0) is 13.0 Å². The van der Waals surface area contributed by atoms with E-state index in [9.17, 15) is 18.8 Å². The first kappa shape index (κ1) is 13.1. The molecule has 1 N–H and O–H groups in total. The van der Waals surface area contributed by atoms with E-state index in [-0.39, 0.29) is 18.8 Å². The molecule has 0 fully saturated rings. The van der Waals surface area contributed by atoms with Gasteiger partial charge in [0.15, 0.2) is 6.23 Å². The zero-order valence-corrected chi connectivity index (χ0v) is 10.0. The van der Waals surface area contributed by atoms with Gasteiger partial charge in [0.05, 0.1) is 12.8 Å². The van der Waals surface area contributed by atoms with Gasteiger partial charge >= 0.3 is 11.7 Å². The molecule has 0 saturated carbocycles. The molecule has 0 spiro atoms. The van der Waals surface area contributed by atoms with Gasteiger partial charge in [-0.15, -0.1) is 0 Å². The van der Waals surface area contributed by atoms with Crippen molar-refractivity contribution < 1.29 is 18.7 Å². The fraction of sp³-hybridized carbons (Fsp3) is 0.364. The van der Waals surface area contributed by atoms with Crippen LogP contribution in [-0.4, -0.2) is 22.1 Å². The molecule has 0 aliphatic carbocycles. The topological polar surface area (TPSA) is 90.4 Å². The average Bonchev–Trinajstić information content (AvgIpc) is 2.83.